The molecule has 0 atom stereocenters. The summed E-state index contributed by atoms with van der Waals surface area (Å²) >= 11 is 8.49. The van der Waals surface area contributed by atoms with Gasteiger partial charge in [0.15, 0.2) is 5.82 Å². The molecule has 0 spiro atoms. The van der Waals surface area contributed by atoms with Gasteiger partial charge in [0.2, 0.25) is 0 Å². The molecule has 0 aliphatic heterocycles. The van der Waals surface area contributed by atoms with Crippen LogP contribution in [0.4, 0.5) is 0 Å². The molecule has 2 aromatic rings. The van der Waals surface area contributed by atoms with E-state index in [2.05, 4.69) is 32.6 Å². The van der Waals surface area contributed by atoms with Gasteiger partial charge in [0, 0.05) is 22.9 Å². The Labute approximate surface area is 131 Å². The molecule has 0 unspecified atom stereocenters. The van der Waals surface area contributed by atoms with Crippen LogP contribution in [0, 0.1) is 17.4 Å². The predicted octanol–water partition coefficient (Wildman–Crippen LogP) is 4.29. The van der Waals surface area contributed by atoms with E-state index in [0.29, 0.717) is 16.9 Å². The summed E-state index contributed by atoms with van der Waals surface area (Å²) in [6, 6.07) is 4.00. The van der Waals surface area contributed by atoms with Crippen molar-refractivity contribution < 1.29 is 0 Å². The highest BCUT2D eigenvalue weighted by atomic mass is 127. The zero-order valence-corrected chi connectivity index (χ0v) is 13.7. The third-order valence-corrected chi connectivity index (χ3v) is 4.80. The molecule has 3 rings (SSSR count). The first-order valence-electron chi connectivity index (χ1n) is 6.23. The van der Waals surface area contributed by atoms with Gasteiger partial charge in [0.1, 0.15) is 5.15 Å². The highest BCUT2D eigenvalue weighted by molar-refractivity contribution is 14.1. The Balaban J connectivity index is 2.14. The Morgan fingerprint density at radius 1 is 1.11 bits per heavy atom. The minimum absolute atomic E-state index is 0.555. The van der Waals surface area contributed by atoms with Crippen molar-refractivity contribution in [1.29, 1.82) is 0 Å². The fourth-order valence-electron chi connectivity index (χ4n) is 2.16. The number of aryl methyl sites for hydroxylation is 2. The molecule has 2 heterocycles. The molecule has 1 saturated carbocycles. The van der Waals surface area contributed by atoms with Gasteiger partial charge in [-0.1, -0.05) is 11.6 Å². The van der Waals surface area contributed by atoms with Crippen LogP contribution in [-0.4, -0.2) is 15.0 Å². The second-order valence-electron chi connectivity index (χ2n) is 4.95. The van der Waals surface area contributed by atoms with E-state index in [1.165, 1.54) is 12.8 Å². The van der Waals surface area contributed by atoms with Gasteiger partial charge in [-0.2, -0.15) is 0 Å². The van der Waals surface area contributed by atoms with Crippen LogP contribution in [0.15, 0.2) is 12.1 Å². The van der Waals surface area contributed by atoms with Crippen LogP contribution in [0.3, 0.4) is 0 Å². The molecule has 19 heavy (non-hydrogen) atoms. The lowest BCUT2D eigenvalue weighted by Crippen LogP contribution is -2.00. The number of aromatic nitrogens is 3. The van der Waals surface area contributed by atoms with Gasteiger partial charge < -0.3 is 0 Å². The fourth-order valence-corrected chi connectivity index (χ4v) is 3.01. The van der Waals surface area contributed by atoms with Crippen LogP contribution in [-0.2, 0) is 0 Å². The lowest BCUT2D eigenvalue weighted by Gasteiger charge is -2.08. The maximum atomic E-state index is 6.25. The van der Waals surface area contributed by atoms with Crippen molar-refractivity contribution in [3.8, 4) is 11.4 Å². The van der Waals surface area contributed by atoms with Gasteiger partial charge in [-0.3, -0.25) is 4.98 Å². The van der Waals surface area contributed by atoms with Crippen molar-refractivity contribution >= 4 is 34.2 Å². The van der Waals surface area contributed by atoms with E-state index in [0.717, 1.165) is 26.2 Å². The topological polar surface area (TPSA) is 38.7 Å². The summed E-state index contributed by atoms with van der Waals surface area (Å²) in [5.74, 6) is 1.27. The molecular weight excluding hydrogens is 373 g/mol. The van der Waals surface area contributed by atoms with E-state index in [4.69, 9.17) is 16.6 Å². The summed E-state index contributed by atoms with van der Waals surface area (Å²) in [4.78, 5) is 13.5. The first kappa shape index (κ1) is 13.2. The SMILES string of the molecule is Cc1cc(-c2nc(Cl)c(I)c(C3CC3)n2)cc(C)n1. The van der Waals surface area contributed by atoms with Crippen LogP contribution >= 0.6 is 34.2 Å². The summed E-state index contributed by atoms with van der Waals surface area (Å²) in [5, 5.41) is 0.555. The van der Waals surface area contributed by atoms with Gasteiger partial charge in [-0.15, -0.1) is 0 Å². The number of hydrogen-bond acceptors (Lipinski definition) is 3. The maximum Gasteiger partial charge on any atom is 0.161 e. The second kappa shape index (κ2) is 4.98. The number of rotatable bonds is 2. The van der Waals surface area contributed by atoms with Crippen molar-refractivity contribution in [3.63, 3.8) is 0 Å². The molecular formula is C14H13ClIN3. The number of nitrogens with zero attached hydrogens (tertiary/aromatic N) is 3. The van der Waals surface area contributed by atoms with Gasteiger partial charge in [-0.05, 0) is 61.4 Å². The van der Waals surface area contributed by atoms with E-state index >= 15 is 0 Å². The van der Waals surface area contributed by atoms with E-state index in [1.807, 2.05) is 26.0 Å². The molecule has 0 saturated heterocycles. The predicted molar refractivity (Wildman–Crippen MR) is 84.4 cm³/mol. The second-order valence-corrected chi connectivity index (χ2v) is 6.39. The third kappa shape index (κ3) is 2.74. The van der Waals surface area contributed by atoms with E-state index in [-0.39, 0.29) is 0 Å². The van der Waals surface area contributed by atoms with Crippen molar-refractivity contribution in [3.05, 3.63) is 37.9 Å². The molecule has 0 aromatic carbocycles. The standard InChI is InChI=1S/C14H13ClIN3/c1-7-5-10(6-8(2)17-7)14-18-12(9-3-4-9)11(16)13(15)19-14/h5-6,9H,3-4H2,1-2H3. The molecule has 0 radical (unpaired) electrons. The summed E-state index contributed by atoms with van der Waals surface area (Å²) in [5.41, 5.74) is 4.04. The normalized spacial score (nSPS) is 14.7. The Bertz CT molecular complexity index is 633. The van der Waals surface area contributed by atoms with Crippen molar-refractivity contribution in [2.75, 3.05) is 0 Å². The largest absolute Gasteiger partial charge is 0.258 e. The van der Waals surface area contributed by atoms with Crippen LogP contribution < -0.4 is 0 Å². The minimum atomic E-state index is 0.555. The number of pyridine rings is 1. The van der Waals surface area contributed by atoms with Crippen LogP contribution in [0.2, 0.25) is 5.15 Å². The quantitative estimate of drug-likeness (QED) is 0.572. The van der Waals surface area contributed by atoms with Crippen LogP contribution in [0.25, 0.3) is 11.4 Å². The summed E-state index contributed by atoms with van der Waals surface area (Å²) in [7, 11) is 0. The molecule has 5 heteroatoms. The molecule has 0 amide bonds. The Kier molecular flexibility index (Phi) is 3.47. The average Bonchev–Trinajstić information content (AvgIpc) is 3.15. The maximum absolute atomic E-state index is 6.25. The molecule has 1 aliphatic rings. The summed E-state index contributed by atoms with van der Waals surface area (Å²) in [6.07, 6.45) is 2.41. The molecule has 98 valence electrons. The van der Waals surface area contributed by atoms with Gasteiger partial charge in [0.05, 0.1) is 9.26 Å². The van der Waals surface area contributed by atoms with E-state index in [9.17, 15) is 0 Å². The summed E-state index contributed by atoms with van der Waals surface area (Å²) < 4.78 is 0.994. The Morgan fingerprint density at radius 2 is 1.74 bits per heavy atom. The lowest BCUT2D eigenvalue weighted by molar-refractivity contribution is 0.975. The van der Waals surface area contributed by atoms with E-state index < -0.39 is 0 Å². The van der Waals surface area contributed by atoms with Gasteiger partial charge >= 0.3 is 0 Å². The molecule has 3 nitrogen and oxygen atoms in total. The minimum Gasteiger partial charge on any atom is -0.258 e. The number of halogens is 2. The molecule has 2 aromatic heterocycles. The zero-order chi connectivity index (χ0) is 13.6. The third-order valence-electron chi connectivity index (χ3n) is 3.14. The van der Waals surface area contributed by atoms with Crippen LogP contribution in [0.5, 0.6) is 0 Å². The molecule has 1 fully saturated rings. The molecule has 0 N–H and O–H groups in total. The van der Waals surface area contributed by atoms with Gasteiger partial charge in [0.25, 0.3) is 0 Å². The Hall–Kier alpha value is -0.750. The van der Waals surface area contributed by atoms with Gasteiger partial charge in [-0.25, -0.2) is 9.97 Å². The highest BCUT2D eigenvalue weighted by Gasteiger charge is 2.29. The lowest BCUT2D eigenvalue weighted by atomic mass is 10.1. The van der Waals surface area contributed by atoms with Crippen molar-refractivity contribution in [2.45, 2.75) is 32.6 Å². The molecule has 1 aliphatic carbocycles. The first-order valence-corrected chi connectivity index (χ1v) is 7.69. The summed E-state index contributed by atoms with van der Waals surface area (Å²) in [6.45, 7) is 3.96. The van der Waals surface area contributed by atoms with Crippen molar-refractivity contribution in [1.82, 2.24) is 15.0 Å². The number of hydrogen-bond donors (Lipinski definition) is 0. The van der Waals surface area contributed by atoms with Crippen LogP contribution in [0.1, 0.15) is 35.8 Å². The highest BCUT2D eigenvalue weighted by Crippen LogP contribution is 2.42. The Morgan fingerprint density at radius 3 is 2.32 bits per heavy atom. The fraction of sp³-hybridized carbons (Fsp3) is 0.357. The molecule has 0 bridgehead atoms. The zero-order valence-electron chi connectivity index (χ0n) is 10.7. The average molecular weight is 386 g/mol. The van der Waals surface area contributed by atoms with E-state index in [1.54, 1.807) is 0 Å². The first-order chi connectivity index (χ1) is 9.04. The van der Waals surface area contributed by atoms with Crippen molar-refractivity contribution in [2.24, 2.45) is 0 Å². The smallest absolute Gasteiger partial charge is 0.161 e. The monoisotopic (exact) mass is 385 g/mol.